The Morgan fingerprint density at radius 3 is 1.77 bits per heavy atom. The summed E-state index contributed by atoms with van der Waals surface area (Å²) in [6.45, 7) is 2.85. The molecule has 1 atom stereocenters. The maximum Gasteiger partial charge on any atom is 0.230 e. The van der Waals surface area contributed by atoms with E-state index >= 15 is 0 Å². The SMILES string of the molecule is CCCCCC(C#N)S(=O)(=O)N(CCCCCC#N)CCCCCC#N. The molecule has 0 aliphatic rings. The van der Waals surface area contributed by atoms with Crippen molar-refractivity contribution >= 4 is 10.0 Å². The summed E-state index contributed by atoms with van der Waals surface area (Å²) in [5.74, 6) is 0. The first-order chi connectivity index (χ1) is 12.5. The van der Waals surface area contributed by atoms with Crippen LogP contribution in [-0.4, -0.2) is 31.1 Å². The van der Waals surface area contributed by atoms with Crippen LogP contribution in [0.1, 0.15) is 84.0 Å². The third kappa shape index (κ3) is 10.4. The summed E-state index contributed by atoms with van der Waals surface area (Å²) in [5, 5.41) is 25.6. The molecule has 0 fully saturated rings. The zero-order valence-electron chi connectivity index (χ0n) is 16.0. The molecule has 0 amide bonds. The minimum atomic E-state index is -3.64. The second kappa shape index (κ2) is 15.6. The molecule has 0 rings (SSSR count). The standard InChI is InChI=1S/C19H32N4O2S/c1-2-3-8-13-19(18-22)26(24,25)23(16-11-6-4-9-14-20)17-12-7-5-10-15-21/h19H,2-13,16-17H2,1H3. The van der Waals surface area contributed by atoms with Gasteiger partial charge in [0.15, 0.2) is 5.25 Å². The van der Waals surface area contributed by atoms with E-state index in [0.717, 1.165) is 44.9 Å². The summed E-state index contributed by atoms with van der Waals surface area (Å²) in [6, 6.07) is 6.18. The van der Waals surface area contributed by atoms with Gasteiger partial charge in [0.2, 0.25) is 10.0 Å². The summed E-state index contributed by atoms with van der Waals surface area (Å²) in [7, 11) is -3.64. The van der Waals surface area contributed by atoms with Crippen molar-refractivity contribution in [1.29, 1.82) is 15.8 Å². The minimum absolute atomic E-state index is 0.381. The smallest absolute Gasteiger partial charge is 0.211 e. The normalized spacial score (nSPS) is 12.3. The van der Waals surface area contributed by atoms with Crippen molar-refractivity contribution < 1.29 is 8.42 Å². The fourth-order valence-corrected chi connectivity index (χ4v) is 4.47. The van der Waals surface area contributed by atoms with Crippen LogP contribution in [0.15, 0.2) is 0 Å². The van der Waals surface area contributed by atoms with Gasteiger partial charge in [-0.1, -0.05) is 39.0 Å². The van der Waals surface area contributed by atoms with Gasteiger partial charge in [0.25, 0.3) is 0 Å². The average molecular weight is 381 g/mol. The van der Waals surface area contributed by atoms with Gasteiger partial charge in [-0.25, -0.2) is 12.7 Å². The van der Waals surface area contributed by atoms with E-state index in [0.29, 0.717) is 45.2 Å². The maximum absolute atomic E-state index is 12.9. The van der Waals surface area contributed by atoms with Crippen LogP contribution >= 0.6 is 0 Å². The van der Waals surface area contributed by atoms with E-state index in [9.17, 15) is 13.7 Å². The van der Waals surface area contributed by atoms with E-state index in [1.54, 1.807) is 0 Å². The lowest BCUT2D eigenvalue weighted by atomic mass is 10.2. The lowest BCUT2D eigenvalue weighted by Gasteiger charge is -2.24. The topological polar surface area (TPSA) is 109 Å². The number of sulfonamides is 1. The Labute approximate surface area is 159 Å². The van der Waals surface area contributed by atoms with Crippen molar-refractivity contribution in [2.24, 2.45) is 0 Å². The summed E-state index contributed by atoms with van der Waals surface area (Å²) >= 11 is 0. The molecule has 0 N–H and O–H groups in total. The van der Waals surface area contributed by atoms with Gasteiger partial charge in [-0.2, -0.15) is 15.8 Å². The van der Waals surface area contributed by atoms with Gasteiger partial charge < -0.3 is 0 Å². The molecule has 0 saturated carbocycles. The van der Waals surface area contributed by atoms with Gasteiger partial charge in [-0.15, -0.1) is 0 Å². The number of hydrogen-bond acceptors (Lipinski definition) is 5. The van der Waals surface area contributed by atoms with E-state index < -0.39 is 15.3 Å². The van der Waals surface area contributed by atoms with Crippen molar-refractivity contribution in [1.82, 2.24) is 4.31 Å². The number of nitrogens with zero attached hydrogens (tertiary/aromatic N) is 4. The molecule has 0 aromatic rings. The van der Waals surface area contributed by atoms with Crippen LogP contribution in [0, 0.1) is 34.0 Å². The quantitative estimate of drug-likeness (QED) is 0.372. The highest BCUT2D eigenvalue weighted by Crippen LogP contribution is 2.18. The van der Waals surface area contributed by atoms with E-state index in [2.05, 4.69) is 12.1 Å². The molecule has 6 nitrogen and oxygen atoms in total. The lowest BCUT2D eigenvalue weighted by molar-refractivity contribution is 0.382. The largest absolute Gasteiger partial charge is 0.230 e. The predicted molar refractivity (Wildman–Crippen MR) is 102 cm³/mol. The third-order valence-electron chi connectivity index (χ3n) is 4.33. The van der Waals surface area contributed by atoms with Gasteiger partial charge in [0.1, 0.15) is 0 Å². The predicted octanol–water partition coefficient (Wildman–Crippen LogP) is 4.26. The molecule has 0 radical (unpaired) electrons. The summed E-state index contributed by atoms with van der Waals surface area (Å²) in [6.07, 6.45) is 8.56. The van der Waals surface area contributed by atoms with Crippen LogP contribution in [0.2, 0.25) is 0 Å². The molecule has 0 aromatic carbocycles. The number of rotatable bonds is 16. The summed E-state index contributed by atoms with van der Waals surface area (Å²) < 4.78 is 27.3. The van der Waals surface area contributed by atoms with Crippen molar-refractivity contribution in [3.63, 3.8) is 0 Å². The molecular formula is C19H32N4O2S. The Morgan fingerprint density at radius 2 is 1.35 bits per heavy atom. The fourth-order valence-electron chi connectivity index (χ4n) is 2.74. The molecule has 0 bridgehead atoms. The van der Waals surface area contributed by atoms with Crippen molar-refractivity contribution in [2.75, 3.05) is 13.1 Å². The van der Waals surface area contributed by atoms with Crippen LogP contribution in [0.4, 0.5) is 0 Å². The monoisotopic (exact) mass is 380 g/mol. The lowest BCUT2D eigenvalue weighted by Crippen LogP contribution is -2.39. The third-order valence-corrected chi connectivity index (χ3v) is 6.47. The van der Waals surface area contributed by atoms with Crippen molar-refractivity contribution in [3.8, 4) is 18.2 Å². The molecule has 146 valence electrons. The van der Waals surface area contributed by atoms with Crippen molar-refractivity contribution in [2.45, 2.75) is 89.2 Å². The zero-order chi connectivity index (χ0) is 19.7. The van der Waals surface area contributed by atoms with E-state index in [1.807, 2.05) is 13.0 Å². The first-order valence-corrected chi connectivity index (χ1v) is 11.2. The molecular weight excluding hydrogens is 348 g/mol. The van der Waals surface area contributed by atoms with Crippen LogP contribution in [0.5, 0.6) is 0 Å². The molecule has 0 saturated heterocycles. The average Bonchev–Trinajstić information content (AvgIpc) is 2.62. The summed E-state index contributed by atoms with van der Waals surface area (Å²) in [4.78, 5) is 0. The Balaban J connectivity index is 4.81. The molecule has 26 heavy (non-hydrogen) atoms. The van der Waals surface area contributed by atoms with Gasteiger partial charge in [0.05, 0.1) is 18.2 Å². The first-order valence-electron chi connectivity index (χ1n) is 9.67. The molecule has 0 heterocycles. The van der Waals surface area contributed by atoms with E-state index in [4.69, 9.17) is 10.5 Å². The second-order valence-electron chi connectivity index (χ2n) is 6.50. The minimum Gasteiger partial charge on any atom is -0.211 e. The molecule has 7 heteroatoms. The highest BCUT2D eigenvalue weighted by Gasteiger charge is 2.31. The van der Waals surface area contributed by atoms with Gasteiger partial charge in [0, 0.05) is 25.9 Å². The fraction of sp³-hybridized carbons (Fsp3) is 0.842. The molecule has 0 aromatic heterocycles. The zero-order valence-corrected chi connectivity index (χ0v) is 16.8. The van der Waals surface area contributed by atoms with Crippen LogP contribution in [0.3, 0.4) is 0 Å². The molecule has 0 aliphatic carbocycles. The Hall–Kier alpha value is -1.62. The van der Waals surface area contributed by atoms with Gasteiger partial charge >= 0.3 is 0 Å². The number of hydrogen-bond donors (Lipinski definition) is 0. The molecule has 0 aliphatic heterocycles. The first kappa shape index (κ1) is 24.4. The second-order valence-corrected chi connectivity index (χ2v) is 8.61. The Bertz CT molecular complexity index is 560. The van der Waals surface area contributed by atoms with E-state index in [-0.39, 0.29) is 0 Å². The van der Waals surface area contributed by atoms with Crippen LogP contribution in [-0.2, 0) is 10.0 Å². The van der Waals surface area contributed by atoms with Crippen LogP contribution < -0.4 is 0 Å². The number of nitriles is 3. The van der Waals surface area contributed by atoms with Crippen molar-refractivity contribution in [3.05, 3.63) is 0 Å². The highest BCUT2D eigenvalue weighted by molar-refractivity contribution is 7.90. The Kier molecular flexibility index (Phi) is 14.6. The van der Waals surface area contributed by atoms with Crippen LogP contribution in [0.25, 0.3) is 0 Å². The highest BCUT2D eigenvalue weighted by atomic mass is 32.2. The molecule has 1 unspecified atom stereocenters. The molecule has 0 spiro atoms. The Morgan fingerprint density at radius 1 is 0.808 bits per heavy atom. The van der Waals surface area contributed by atoms with E-state index in [1.165, 1.54) is 4.31 Å². The van der Waals surface area contributed by atoms with Gasteiger partial charge in [-0.3, -0.25) is 0 Å². The summed E-state index contributed by atoms with van der Waals surface area (Å²) in [5.41, 5.74) is 0. The number of unbranched alkanes of at least 4 members (excludes halogenated alkanes) is 8. The maximum atomic E-state index is 12.9. The van der Waals surface area contributed by atoms with Gasteiger partial charge in [-0.05, 0) is 32.1 Å².